The van der Waals surface area contributed by atoms with Gasteiger partial charge in [-0.25, -0.2) is 0 Å². The van der Waals surface area contributed by atoms with Crippen LogP contribution in [0.15, 0.2) is 36.4 Å². The molecule has 1 saturated heterocycles. The van der Waals surface area contributed by atoms with Crippen LogP contribution in [0.25, 0.3) is 5.65 Å². The molecule has 2 fully saturated rings. The van der Waals surface area contributed by atoms with Crippen LogP contribution in [0.2, 0.25) is 0 Å². The maximum atomic E-state index is 4.73. The summed E-state index contributed by atoms with van der Waals surface area (Å²) in [6, 6.07) is 13.0. The molecule has 3 aromatic rings. The van der Waals surface area contributed by atoms with Crippen molar-refractivity contribution in [2.24, 2.45) is 0 Å². The topological polar surface area (TPSA) is 58.4 Å². The maximum absolute atomic E-state index is 4.73. The van der Waals surface area contributed by atoms with Crippen LogP contribution < -0.4 is 10.2 Å². The molecule has 3 heterocycles. The Morgan fingerprint density at radius 2 is 1.92 bits per heavy atom. The molecule has 1 atom stereocenters. The van der Waals surface area contributed by atoms with Crippen molar-refractivity contribution >= 4 is 17.2 Å². The smallest absolute Gasteiger partial charge is 0.178 e. The molecule has 1 unspecified atom stereocenters. The molecule has 1 aromatic carbocycles. The summed E-state index contributed by atoms with van der Waals surface area (Å²) >= 11 is 0. The Bertz CT molecular complexity index is 923. The second-order valence-corrected chi connectivity index (χ2v) is 7.48. The fourth-order valence-electron chi connectivity index (χ4n) is 3.75. The Morgan fingerprint density at radius 3 is 2.73 bits per heavy atom. The van der Waals surface area contributed by atoms with Crippen molar-refractivity contribution in [2.75, 3.05) is 23.3 Å². The lowest BCUT2D eigenvalue weighted by Gasteiger charge is -2.21. The predicted molar refractivity (Wildman–Crippen MR) is 103 cm³/mol. The maximum Gasteiger partial charge on any atom is 0.178 e. The Hall–Kier alpha value is -2.63. The van der Waals surface area contributed by atoms with E-state index in [0.29, 0.717) is 5.92 Å². The van der Waals surface area contributed by atoms with Crippen molar-refractivity contribution in [1.29, 1.82) is 0 Å². The van der Waals surface area contributed by atoms with Crippen LogP contribution in [-0.4, -0.2) is 32.9 Å². The molecular weight excluding hydrogens is 324 g/mol. The molecule has 1 aliphatic heterocycles. The van der Waals surface area contributed by atoms with E-state index in [1.54, 1.807) is 0 Å². The summed E-state index contributed by atoms with van der Waals surface area (Å²) in [4.78, 5) is 2.47. The molecule has 0 amide bonds. The highest BCUT2D eigenvalue weighted by atomic mass is 15.4. The molecular formula is C20H24N6. The minimum atomic E-state index is 0.184. The largest absolute Gasteiger partial charge is 0.372 e. The standard InChI is InChI=1S/C20H24N6/c1-14(16-5-4-6-17(13-16)25-11-2-3-12-25)21-18-9-10-19-22-23-20(15-7-8-15)26(19)24-18/h4-6,9-10,13-15H,2-3,7-8,11-12H2,1H3,(H,21,24). The molecule has 1 aliphatic carbocycles. The fraction of sp³-hybridized carbons (Fsp3) is 0.450. The molecule has 0 spiro atoms. The molecule has 2 aliphatic rings. The quantitative estimate of drug-likeness (QED) is 0.760. The molecule has 26 heavy (non-hydrogen) atoms. The van der Waals surface area contributed by atoms with Gasteiger partial charge in [0.1, 0.15) is 5.82 Å². The van der Waals surface area contributed by atoms with Gasteiger partial charge in [0.15, 0.2) is 11.5 Å². The molecule has 6 heteroatoms. The van der Waals surface area contributed by atoms with Gasteiger partial charge in [-0.3, -0.25) is 0 Å². The van der Waals surface area contributed by atoms with Crippen molar-refractivity contribution in [3.63, 3.8) is 0 Å². The second kappa shape index (κ2) is 6.27. The second-order valence-electron chi connectivity index (χ2n) is 7.48. The van der Waals surface area contributed by atoms with Crippen LogP contribution in [0.1, 0.15) is 56.0 Å². The lowest BCUT2D eigenvalue weighted by atomic mass is 10.1. The van der Waals surface area contributed by atoms with Crippen molar-refractivity contribution in [1.82, 2.24) is 19.8 Å². The van der Waals surface area contributed by atoms with Gasteiger partial charge in [0.05, 0.1) is 6.04 Å². The van der Waals surface area contributed by atoms with E-state index in [1.807, 2.05) is 16.6 Å². The number of nitrogens with one attached hydrogen (secondary N) is 1. The molecule has 1 saturated carbocycles. The zero-order valence-corrected chi connectivity index (χ0v) is 15.1. The summed E-state index contributed by atoms with van der Waals surface area (Å²) in [6.45, 7) is 4.52. The first kappa shape index (κ1) is 15.6. The number of aromatic nitrogens is 4. The first-order chi connectivity index (χ1) is 12.8. The monoisotopic (exact) mass is 348 g/mol. The lowest BCUT2D eigenvalue weighted by molar-refractivity contribution is 0.797. The third-order valence-corrected chi connectivity index (χ3v) is 5.44. The van der Waals surface area contributed by atoms with E-state index in [0.717, 1.165) is 17.3 Å². The zero-order chi connectivity index (χ0) is 17.5. The highest BCUT2D eigenvalue weighted by Crippen LogP contribution is 2.38. The van der Waals surface area contributed by atoms with Crippen LogP contribution in [0.3, 0.4) is 0 Å². The molecule has 134 valence electrons. The minimum absolute atomic E-state index is 0.184. The first-order valence-electron chi connectivity index (χ1n) is 9.62. The predicted octanol–water partition coefficient (Wildman–Crippen LogP) is 3.78. The molecule has 0 radical (unpaired) electrons. The summed E-state index contributed by atoms with van der Waals surface area (Å²) in [6.07, 6.45) is 4.98. The van der Waals surface area contributed by atoms with Crippen LogP contribution in [0.5, 0.6) is 0 Å². The van der Waals surface area contributed by atoms with Gasteiger partial charge in [-0.1, -0.05) is 12.1 Å². The van der Waals surface area contributed by atoms with Crippen molar-refractivity contribution in [3.05, 3.63) is 47.8 Å². The first-order valence-corrected chi connectivity index (χ1v) is 9.62. The van der Waals surface area contributed by atoms with Gasteiger partial charge in [0, 0.05) is 24.7 Å². The van der Waals surface area contributed by atoms with Crippen molar-refractivity contribution in [2.45, 2.75) is 44.6 Å². The van der Waals surface area contributed by atoms with Crippen LogP contribution in [0.4, 0.5) is 11.5 Å². The van der Waals surface area contributed by atoms with Gasteiger partial charge in [-0.15, -0.1) is 15.3 Å². The summed E-state index contributed by atoms with van der Waals surface area (Å²) in [5, 5.41) is 16.8. The van der Waals surface area contributed by atoms with Gasteiger partial charge in [-0.2, -0.15) is 4.52 Å². The average Bonchev–Trinajstić information content (AvgIpc) is 3.20. The number of nitrogens with zero attached hydrogens (tertiary/aromatic N) is 5. The third kappa shape index (κ3) is 2.89. The van der Waals surface area contributed by atoms with E-state index < -0.39 is 0 Å². The Balaban J connectivity index is 1.38. The van der Waals surface area contributed by atoms with Gasteiger partial charge >= 0.3 is 0 Å². The van der Waals surface area contributed by atoms with Gasteiger partial charge in [0.25, 0.3) is 0 Å². The molecule has 0 bridgehead atoms. The zero-order valence-electron chi connectivity index (χ0n) is 15.1. The molecule has 1 N–H and O–H groups in total. The third-order valence-electron chi connectivity index (χ3n) is 5.44. The highest BCUT2D eigenvalue weighted by Gasteiger charge is 2.29. The Kier molecular flexibility index (Phi) is 3.76. The Labute approximate surface area is 153 Å². The van der Waals surface area contributed by atoms with Crippen LogP contribution in [-0.2, 0) is 0 Å². The fourth-order valence-corrected chi connectivity index (χ4v) is 3.75. The number of fused-ring (bicyclic) bond motifs is 1. The molecule has 5 rings (SSSR count). The van der Waals surface area contributed by atoms with E-state index in [4.69, 9.17) is 5.10 Å². The molecule has 6 nitrogen and oxygen atoms in total. The van der Waals surface area contributed by atoms with E-state index in [9.17, 15) is 0 Å². The van der Waals surface area contributed by atoms with E-state index >= 15 is 0 Å². The summed E-state index contributed by atoms with van der Waals surface area (Å²) in [7, 11) is 0. The highest BCUT2D eigenvalue weighted by molar-refractivity contribution is 5.51. The van der Waals surface area contributed by atoms with Gasteiger partial charge in [0.2, 0.25) is 0 Å². The summed E-state index contributed by atoms with van der Waals surface area (Å²) < 4.78 is 1.90. The van der Waals surface area contributed by atoms with Gasteiger partial charge in [-0.05, 0) is 62.4 Å². The van der Waals surface area contributed by atoms with E-state index in [1.165, 1.54) is 50.0 Å². The SMILES string of the molecule is CC(Nc1ccc2nnc(C3CC3)n2n1)c1cccc(N2CCCC2)c1. The number of benzene rings is 1. The normalized spacial score (nSPS) is 18.4. The Morgan fingerprint density at radius 1 is 1.08 bits per heavy atom. The van der Waals surface area contributed by atoms with Crippen LogP contribution in [0, 0.1) is 0 Å². The molecule has 2 aromatic heterocycles. The number of hydrogen-bond donors (Lipinski definition) is 1. The van der Waals surface area contributed by atoms with E-state index in [2.05, 4.69) is 51.6 Å². The van der Waals surface area contributed by atoms with Gasteiger partial charge < -0.3 is 10.2 Å². The van der Waals surface area contributed by atoms with Crippen molar-refractivity contribution < 1.29 is 0 Å². The summed E-state index contributed by atoms with van der Waals surface area (Å²) in [5.41, 5.74) is 3.43. The lowest BCUT2D eigenvalue weighted by Crippen LogP contribution is -2.18. The average molecular weight is 348 g/mol. The van der Waals surface area contributed by atoms with Crippen molar-refractivity contribution in [3.8, 4) is 0 Å². The number of anilines is 2. The van der Waals surface area contributed by atoms with Crippen LogP contribution >= 0.6 is 0 Å². The summed E-state index contributed by atoms with van der Waals surface area (Å²) in [5.74, 6) is 2.38. The number of rotatable bonds is 5. The van der Waals surface area contributed by atoms with E-state index in [-0.39, 0.29) is 6.04 Å². The number of hydrogen-bond acceptors (Lipinski definition) is 5. The minimum Gasteiger partial charge on any atom is -0.372 e.